The number of para-hydroxylation sites is 1. The summed E-state index contributed by atoms with van der Waals surface area (Å²) in [7, 11) is 0. The van der Waals surface area contributed by atoms with Gasteiger partial charge in [0.2, 0.25) is 5.91 Å². The molecule has 0 bridgehead atoms. The molecule has 1 amide bonds. The van der Waals surface area contributed by atoms with Crippen molar-refractivity contribution in [3.8, 4) is 0 Å². The van der Waals surface area contributed by atoms with Crippen LogP contribution in [-0.2, 0) is 10.2 Å². The number of hydrogen-bond acceptors (Lipinski definition) is 2. The molecule has 1 aliphatic carbocycles. The second kappa shape index (κ2) is 3.24. The summed E-state index contributed by atoms with van der Waals surface area (Å²) in [5.41, 5.74) is 8.35. The topological polar surface area (TPSA) is 46.3 Å². The molecule has 0 unspecified atom stereocenters. The van der Waals surface area contributed by atoms with Gasteiger partial charge in [0.1, 0.15) is 0 Å². The summed E-state index contributed by atoms with van der Waals surface area (Å²) in [6.07, 6.45) is 3.76. The van der Waals surface area contributed by atoms with Gasteiger partial charge >= 0.3 is 0 Å². The highest BCUT2D eigenvalue weighted by atomic mass is 16.1. The molecule has 0 radical (unpaired) electrons. The van der Waals surface area contributed by atoms with Gasteiger partial charge in [-0.1, -0.05) is 18.2 Å². The number of nitrogens with zero attached hydrogens (tertiary/aromatic N) is 1. The molecule has 0 aromatic heterocycles. The van der Waals surface area contributed by atoms with Gasteiger partial charge in [-0.2, -0.15) is 0 Å². The average Bonchev–Trinajstić information content (AvgIpc) is 3.04. The summed E-state index contributed by atoms with van der Waals surface area (Å²) >= 11 is 0. The first kappa shape index (κ1) is 9.70. The zero-order chi connectivity index (χ0) is 11.2. The van der Waals surface area contributed by atoms with Crippen LogP contribution in [0.1, 0.15) is 24.8 Å². The molecule has 1 aromatic rings. The Morgan fingerprint density at radius 1 is 1.31 bits per heavy atom. The maximum absolute atomic E-state index is 11.0. The quantitative estimate of drug-likeness (QED) is 0.812. The molecule has 0 saturated heterocycles. The summed E-state index contributed by atoms with van der Waals surface area (Å²) in [6.45, 7) is 1.30. The SMILES string of the molecule is NC(=O)CN1CCC2(CC2)c2ccccc21. The van der Waals surface area contributed by atoms with Crippen LogP contribution in [0.2, 0.25) is 0 Å². The fourth-order valence-corrected chi connectivity index (χ4v) is 2.82. The minimum atomic E-state index is -0.249. The van der Waals surface area contributed by atoms with Crippen molar-refractivity contribution in [2.24, 2.45) is 5.73 Å². The molecular weight excluding hydrogens is 200 g/mol. The second-order valence-electron chi connectivity index (χ2n) is 4.94. The normalized spacial score (nSPS) is 20.6. The fraction of sp³-hybridized carbons (Fsp3) is 0.462. The number of nitrogens with two attached hydrogens (primary N) is 1. The Hall–Kier alpha value is -1.51. The lowest BCUT2D eigenvalue weighted by Gasteiger charge is -2.35. The van der Waals surface area contributed by atoms with Crippen molar-refractivity contribution in [3.05, 3.63) is 29.8 Å². The van der Waals surface area contributed by atoms with E-state index >= 15 is 0 Å². The molecule has 0 atom stereocenters. The minimum Gasteiger partial charge on any atom is -0.368 e. The van der Waals surface area contributed by atoms with Gasteiger partial charge in [0, 0.05) is 12.2 Å². The molecule has 3 rings (SSSR count). The standard InChI is InChI=1S/C13H16N2O/c14-12(16)9-15-8-7-13(5-6-13)10-3-1-2-4-11(10)15/h1-4H,5-9H2,(H2,14,16). The van der Waals surface area contributed by atoms with Crippen molar-refractivity contribution >= 4 is 11.6 Å². The largest absolute Gasteiger partial charge is 0.368 e. The Labute approximate surface area is 95.2 Å². The van der Waals surface area contributed by atoms with Gasteiger partial charge in [-0.15, -0.1) is 0 Å². The highest BCUT2D eigenvalue weighted by Crippen LogP contribution is 2.56. The van der Waals surface area contributed by atoms with Crippen LogP contribution >= 0.6 is 0 Å². The Morgan fingerprint density at radius 2 is 2.06 bits per heavy atom. The molecule has 1 fully saturated rings. The number of amides is 1. The number of anilines is 1. The number of carbonyl (C=O) groups excluding carboxylic acids is 1. The first-order valence-corrected chi connectivity index (χ1v) is 5.84. The van der Waals surface area contributed by atoms with E-state index < -0.39 is 0 Å². The van der Waals surface area contributed by atoms with E-state index in [9.17, 15) is 4.79 Å². The van der Waals surface area contributed by atoms with Gasteiger partial charge in [-0.05, 0) is 36.3 Å². The molecular formula is C13H16N2O. The monoisotopic (exact) mass is 216 g/mol. The van der Waals surface area contributed by atoms with Crippen molar-refractivity contribution in [3.63, 3.8) is 0 Å². The predicted molar refractivity (Wildman–Crippen MR) is 63.4 cm³/mol. The van der Waals surface area contributed by atoms with E-state index in [1.807, 2.05) is 6.07 Å². The molecule has 16 heavy (non-hydrogen) atoms. The zero-order valence-electron chi connectivity index (χ0n) is 9.28. The summed E-state index contributed by atoms with van der Waals surface area (Å²) < 4.78 is 0. The van der Waals surface area contributed by atoms with Gasteiger partial charge in [-0.3, -0.25) is 4.79 Å². The summed E-state index contributed by atoms with van der Waals surface area (Å²) in [5, 5.41) is 0. The van der Waals surface area contributed by atoms with Crippen LogP contribution in [-0.4, -0.2) is 19.0 Å². The molecule has 3 nitrogen and oxygen atoms in total. The number of benzene rings is 1. The van der Waals surface area contributed by atoms with Crippen molar-refractivity contribution in [1.82, 2.24) is 0 Å². The lowest BCUT2D eigenvalue weighted by molar-refractivity contribution is -0.116. The maximum Gasteiger partial charge on any atom is 0.236 e. The van der Waals surface area contributed by atoms with Crippen LogP contribution in [0.25, 0.3) is 0 Å². The van der Waals surface area contributed by atoms with Crippen LogP contribution in [0.15, 0.2) is 24.3 Å². The molecule has 1 saturated carbocycles. The number of primary amides is 1. The number of fused-ring (bicyclic) bond motifs is 2. The van der Waals surface area contributed by atoms with Crippen LogP contribution in [0.4, 0.5) is 5.69 Å². The van der Waals surface area contributed by atoms with E-state index in [0.29, 0.717) is 12.0 Å². The molecule has 1 aromatic carbocycles. The van der Waals surface area contributed by atoms with Gasteiger partial charge < -0.3 is 10.6 Å². The van der Waals surface area contributed by atoms with Crippen LogP contribution in [0, 0.1) is 0 Å². The average molecular weight is 216 g/mol. The van der Waals surface area contributed by atoms with Gasteiger partial charge in [0.15, 0.2) is 0 Å². The molecule has 3 heteroatoms. The van der Waals surface area contributed by atoms with Crippen molar-refractivity contribution in [2.75, 3.05) is 18.0 Å². The fourth-order valence-electron chi connectivity index (χ4n) is 2.82. The third-order valence-electron chi connectivity index (χ3n) is 3.88. The second-order valence-corrected chi connectivity index (χ2v) is 4.94. The highest BCUT2D eigenvalue weighted by Gasteiger charge is 2.48. The zero-order valence-corrected chi connectivity index (χ0v) is 9.28. The van der Waals surface area contributed by atoms with Gasteiger partial charge in [0.05, 0.1) is 6.54 Å². The Morgan fingerprint density at radius 3 is 2.75 bits per heavy atom. The minimum absolute atomic E-state index is 0.249. The predicted octanol–water partition coefficient (Wildman–Crippen LogP) is 1.41. The highest BCUT2D eigenvalue weighted by molar-refractivity contribution is 5.80. The molecule has 1 spiro atoms. The Bertz CT molecular complexity index is 437. The molecule has 2 aliphatic rings. The lowest BCUT2D eigenvalue weighted by Crippen LogP contribution is -2.39. The Kier molecular flexibility index (Phi) is 1.96. The molecule has 1 aliphatic heterocycles. The maximum atomic E-state index is 11.0. The van der Waals surface area contributed by atoms with Crippen molar-refractivity contribution in [2.45, 2.75) is 24.7 Å². The first-order chi connectivity index (χ1) is 7.71. The molecule has 2 N–H and O–H groups in total. The van der Waals surface area contributed by atoms with E-state index in [1.54, 1.807) is 0 Å². The summed E-state index contributed by atoms with van der Waals surface area (Å²) in [6, 6.07) is 8.44. The van der Waals surface area contributed by atoms with E-state index in [-0.39, 0.29) is 5.91 Å². The van der Waals surface area contributed by atoms with Gasteiger partial charge in [-0.25, -0.2) is 0 Å². The number of rotatable bonds is 2. The molecule has 1 heterocycles. The smallest absolute Gasteiger partial charge is 0.236 e. The van der Waals surface area contributed by atoms with Gasteiger partial charge in [0.25, 0.3) is 0 Å². The lowest BCUT2D eigenvalue weighted by atomic mass is 9.87. The van der Waals surface area contributed by atoms with Crippen LogP contribution in [0.5, 0.6) is 0 Å². The number of hydrogen-bond donors (Lipinski definition) is 1. The van der Waals surface area contributed by atoms with E-state index in [1.165, 1.54) is 24.1 Å². The summed E-state index contributed by atoms with van der Waals surface area (Å²) in [5.74, 6) is -0.249. The van der Waals surface area contributed by atoms with E-state index in [0.717, 1.165) is 13.0 Å². The van der Waals surface area contributed by atoms with E-state index in [4.69, 9.17) is 5.73 Å². The first-order valence-electron chi connectivity index (χ1n) is 5.84. The van der Waals surface area contributed by atoms with Crippen molar-refractivity contribution < 1.29 is 4.79 Å². The summed E-state index contributed by atoms with van der Waals surface area (Å²) in [4.78, 5) is 13.1. The van der Waals surface area contributed by atoms with E-state index in [2.05, 4.69) is 23.1 Å². The third kappa shape index (κ3) is 1.39. The number of carbonyl (C=O) groups is 1. The third-order valence-corrected chi connectivity index (χ3v) is 3.88. The van der Waals surface area contributed by atoms with Crippen LogP contribution in [0.3, 0.4) is 0 Å². The Balaban J connectivity index is 1.99. The van der Waals surface area contributed by atoms with Crippen LogP contribution < -0.4 is 10.6 Å². The molecule has 84 valence electrons. The van der Waals surface area contributed by atoms with Crippen molar-refractivity contribution in [1.29, 1.82) is 0 Å².